The normalized spacial score (nSPS) is 14.9. The molecule has 0 saturated carbocycles. The third-order valence-corrected chi connectivity index (χ3v) is 9.06. The van der Waals surface area contributed by atoms with Gasteiger partial charge < -0.3 is 19.3 Å². The molecule has 0 saturated heterocycles. The first-order valence-corrected chi connectivity index (χ1v) is 17.6. The topological polar surface area (TPSA) is 82.1 Å². The van der Waals surface area contributed by atoms with Gasteiger partial charge in [-0.25, -0.2) is 4.79 Å². The fourth-order valence-electron chi connectivity index (χ4n) is 4.42. The fraction of sp³-hybridized carbons (Fsp3) is 0.967. The van der Waals surface area contributed by atoms with Crippen LogP contribution in [0.25, 0.3) is 0 Å². The van der Waals surface area contributed by atoms with E-state index in [4.69, 9.17) is 14.2 Å². The van der Waals surface area contributed by atoms with E-state index in [2.05, 4.69) is 32.5 Å². The van der Waals surface area contributed by atoms with Crippen LogP contribution in [0.15, 0.2) is 0 Å². The number of hydrogen-bond acceptors (Lipinski definition) is 7. The van der Waals surface area contributed by atoms with E-state index in [0.29, 0.717) is 18.3 Å². The molecule has 0 aromatic carbocycles. The second-order valence-corrected chi connectivity index (χ2v) is 12.6. The molecule has 0 fully saturated rings. The van der Waals surface area contributed by atoms with Crippen LogP contribution in [-0.4, -0.2) is 53.5 Å². The van der Waals surface area contributed by atoms with E-state index in [-0.39, 0.29) is 19.3 Å². The Hall–Kier alpha value is -0.200. The van der Waals surface area contributed by atoms with Crippen LogP contribution in [0.2, 0.25) is 0 Å². The summed E-state index contributed by atoms with van der Waals surface area (Å²) in [4.78, 5) is 11.8. The van der Waals surface area contributed by atoms with Crippen molar-refractivity contribution >= 4 is 26.2 Å². The minimum absolute atomic E-state index is 0.0742. The van der Waals surface area contributed by atoms with Crippen LogP contribution in [0.4, 0.5) is 0 Å². The lowest BCUT2D eigenvalue weighted by Crippen LogP contribution is -2.38. The van der Waals surface area contributed by atoms with Gasteiger partial charge in [0, 0.05) is 11.9 Å². The number of thioether (sulfide) groups is 1. The van der Waals surface area contributed by atoms with E-state index in [9.17, 15) is 14.5 Å². The molecule has 4 atom stereocenters. The lowest BCUT2D eigenvalue weighted by atomic mass is 10.1. The Balaban J connectivity index is 4.23. The summed E-state index contributed by atoms with van der Waals surface area (Å²) >= 11 is 2.06. The number of esters is 1. The van der Waals surface area contributed by atoms with Crippen LogP contribution in [0.5, 0.6) is 0 Å². The summed E-state index contributed by atoms with van der Waals surface area (Å²) in [5.74, 6) is 0.175. The van der Waals surface area contributed by atoms with Crippen molar-refractivity contribution in [2.45, 2.75) is 160 Å². The number of rotatable bonds is 29. The first kappa shape index (κ1) is 37.8. The molecule has 0 radical (unpaired) electrons. The minimum atomic E-state index is -2.38. The zero-order valence-electron chi connectivity index (χ0n) is 25.1. The third-order valence-electron chi connectivity index (χ3n) is 6.87. The predicted molar refractivity (Wildman–Crippen MR) is 163 cm³/mol. The summed E-state index contributed by atoms with van der Waals surface area (Å²) in [6, 6.07) is 0. The van der Waals surface area contributed by atoms with Crippen LogP contribution in [0, 0.1) is 0 Å². The summed E-state index contributed by atoms with van der Waals surface area (Å²) < 4.78 is 27.3. The minimum Gasteiger partial charge on any atom is -0.458 e. The molecular weight excluding hydrogens is 519 g/mol. The van der Waals surface area contributed by atoms with Gasteiger partial charge in [-0.05, 0) is 38.9 Å². The highest BCUT2D eigenvalue weighted by molar-refractivity contribution is 7.99. The Labute approximate surface area is 240 Å². The van der Waals surface area contributed by atoms with Gasteiger partial charge in [0.05, 0.1) is 19.3 Å². The first-order chi connectivity index (χ1) is 18.4. The molecule has 38 heavy (non-hydrogen) atoms. The van der Waals surface area contributed by atoms with Crippen LogP contribution < -0.4 is 0 Å². The molecule has 0 aromatic heterocycles. The molecule has 0 aromatic rings. The van der Waals surface area contributed by atoms with Gasteiger partial charge in [-0.1, -0.05) is 115 Å². The van der Waals surface area contributed by atoms with Crippen LogP contribution in [0.3, 0.4) is 0 Å². The van der Waals surface area contributed by atoms with Crippen LogP contribution in [-0.2, 0) is 23.6 Å². The maximum atomic E-state index is 11.8. The second kappa shape index (κ2) is 27.0. The van der Waals surface area contributed by atoms with Gasteiger partial charge in [-0.2, -0.15) is 11.8 Å². The van der Waals surface area contributed by atoms with Crippen LogP contribution in [0.1, 0.15) is 143 Å². The lowest BCUT2D eigenvalue weighted by molar-refractivity contribution is -0.196. The van der Waals surface area contributed by atoms with Gasteiger partial charge in [-0.15, -0.1) is 0 Å². The van der Waals surface area contributed by atoms with Crippen molar-refractivity contribution < 1.29 is 28.7 Å². The van der Waals surface area contributed by atoms with E-state index < -0.39 is 20.0 Å². The van der Waals surface area contributed by atoms with Gasteiger partial charge in [0.25, 0.3) is 0 Å². The first-order valence-electron chi connectivity index (χ1n) is 15.6. The van der Waals surface area contributed by atoms with E-state index in [1.165, 1.54) is 115 Å². The van der Waals surface area contributed by atoms with Gasteiger partial charge in [0.2, 0.25) is 0 Å². The van der Waals surface area contributed by atoms with Crippen molar-refractivity contribution in [3.63, 3.8) is 0 Å². The number of unbranched alkanes of at least 4 members (excludes halogenated alkanes) is 14. The maximum Gasteiger partial charge on any atom is 0.470 e. The standard InChI is InChI=1S/C30H59O6PS/c1-5-8-10-12-13-14-15-16-17-19-21-26-38-28(23-20-18-11-9-6-2)27(4)35-24-22-25-36-30(32,37-33)29(31)34-7-3/h27-28,32H,5-26H2,1-4H3/p+1. The molecule has 0 spiro atoms. The van der Waals surface area contributed by atoms with Crippen molar-refractivity contribution in [3.8, 4) is 0 Å². The number of ether oxygens (including phenoxy) is 3. The van der Waals surface area contributed by atoms with E-state index in [1.54, 1.807) is 6.92 Å². The second-order valence-electron chi connectivity index (χ2n) is 10.4. The summed E-state index contributed by atoms with van der Waals surface area (Å²) in [6.07, 6.45) is 23.3. The smallest absolute Gasteiger partial charge is 0.458 e. The van der Waals surface area contributed by atoms with Crippen molar-refractivity contribution in [1.82, 2.24) is 0 Å². The molecule has 0 rings (SSSR count). The SMILES string of the molecule is CCCCCCCCCCCCCSC(CCCCCCC)C(C)OCCCOC(O)([PH+]=O)C(=O)OCC. The fourth-order valence-corrected chi connectivity index (χ4v) is 6.09. The Morgan fingerprint density at radius 2 is 1.32 bits per heavy atom. The van der Waals surface area contributed by atoms with Gasteiger partial charge in [0.1, 0.15) is 0 Å². The zero-order valence-corrected chi connectivity index (χ0v) is 26.9. The Kier molecular flexibility index (Phi) is 26.9. The number of carbonyl (C=O) groups excluding carboxylic acids is 1. The van der Waals surface area contributed by atoms with Crippen molar-refractivity contribution in [1.29, 1.82) is 0 Å². The Bertz CT molecular complexity index is 553. The number of hydrogen-bond donors (Lipinski definition) is 1. The van der Waals surface area contributed by atoms with Crippen molar-refractivity contribution in [2.24, 2.45) is 0 Å². The molecule has 4 unspecified atom stereocenters. The highest BCUT2D eigenvalue weighted by Crippen LogP contribution is 2.26. The molecule has 8 heteroatoms. The van der Waals surface area contributed by atoms with Crippen LogP contribution >= 0.6 is 20.2 Å². The van der Waals surface area contributed by atoms with Gasteiger partial charge >= 0.3 is 20.0 Å². The molecule has 0 heterocycles. The van der Waals surface area contributed by atoms with E-state index >= 15 is 0 Å². The van der Waals surface area contributed by atoms with Crippen molar-refractivity contribution in [2.75, 3.05) is 25.6 Å². The predicted octanol–water partition coefficient (Wildman–Crippen LogP) is 8.80. The molecule has 1 N–H and O–H groups in total. The van der Waals surface area contributed by atoms with Gasteiger partial charge in [0.15, 0.2) is 0 Å². The molecule has 0 bridgehead atoms. The molecule has 0 aliphatic heterocycles. The molecule has 0 amide bonds. The lowest BCUT2D eigenvalue weighted by Gasteiger charge is -2.24. The monoisotopic (exact) mass is 579 g/mol. The number of aliphatic hydroxyl groups is 1. The third kappa shape index (κ3) is 20.7. The quantitative estimate of drug-likeness (QED) is 0.0410. The average molecular weight is 580 g/mol. The van der Waals surface area contributed by atoms with E-state index in [1.807, 2.05) is 0 Å². The zero-order chi connectivity index (χ0) is 28.3. The molecular formula is C30H60O6PS+. The molecule has 6 nitrogen and oxygen atoms in total. The molecule has 0 aliphatic carbocycles. The summed E-state index contributed by atoms with van der Waals surface area (Å²) in [5.41, 5.74) is -2.38. The summed E-state index contributed by atoms with van der Waals surface area (Å²) in [5, 5.41) is 10.5. The highest BCUT2D eigenvalue weighted by atomic mass is 32.2. The van der Waals surface area contributed by atoms with E-state index in [0.717, 1.165) is 0 Å². The Morgan fingerprint density at radius 1 is 0.789 bits per heavy atom. The summed E-state index contributed by atoms with van der Waals surface area (Å²) in [7, 11) is -1.34. The number of carbonyl (C=O) groups is 1. The average Bonchev–Trinajstić information content (AvgIpc) is 2.91. The molecule has 226 valence electrons. The highest BCUT2D eigenvalue weighted by Gasteiger charge is 2.49. The molecule has 0 aliphatic rings. The van der Waals surface area contributed by atoms with Crippen molar-refractivity contribution in [3.05, 3.63) is 0 Å². The maximum absolute atomic E-state index is 11.8. The Morgan fingerprint density at radius 3 is 1.84 bits per heavy atom. The largest absolute Gasteiger partial charge is 0.470 e. The van der Waals surface area contributed by atoms with Gasteiger partial charge in [-0.3, -0.25) is 0 Å². The summed E-state index contributed by atoms with van der Waals surface area (Å²) in [6.45, 7) is 8.92.